The van der Waals surface area contributed by atoms with Crippen LogP contribution in [0.25, 0.3) is 0 Å². The number of ether oxygens (including phenoxy) is 1. The number of halogens is 2. The van der Waals surface area contributed by atoms with Crippen molar-refractivity contribution < 1.29 is 18.7 Å². The van der Waals surface area contributed by atoms with E-state index in [0.29, 0.717) is 21.6 Å². The van der Waals surface area contributed by atoms with Crippen molar-refractivity contribution in [3.05, 3.63) is 51.9 Å². The van der Waals surface area contributed by atoms with E-state index in [0.717, 1.165) is 0 Å². The van der Waals surface area contributed by atoms with Gasteiger partial charge in [0.1, 0.15) is 23.1 Å². The van der Waals surface area contributed by atoms with Gasteiger partial charge in [0.15, 0.2) is 11.5 Å². The van der Waals surface area contributed by atoms with Crippen LogP contribution < -0.4 is 10.1 Å². The third kappa shape index (κ3) is 5.25. The molecule has 0 saturated heterocycles. The van der Waals surface area contributed by atoms with Crippen LogP contribution in [0, 0.1) is 5.41 Å². The third-order valence-electron chi connectivity index (χ3n) is 3.42. The molecule has 0 bridgehead atoms. The van der Waals surface area contributed by atoms with Crippen LogP contribution in [-0.4, -0.2) is 18.2 Å². The minimum atomic E-state index is -0.508. The first-order valence-corrected chi connectivity index (χ1v) is 8.41. The molecule has 7 heteroatoms. The van der Waals surface area contributed by atoms with Gasteiger partial charge in [-0.05, 0) is 24.3 Å². The maximum atomic E-state index is 12.0. The number of ketones is 1. The zero-order chi connectivity index (χ0) is 18.6. The summed E-state index contributed by atoms with van der Waals surface area (Å²) in [5.41, 5.74) is -0.508. The lowest BCUT2D eigenvalue weighted by Crippen LogP contribution is -2.35. The van der Waals surface area contributed by atoms with Gasteiger partial charge in [0.2, 0.25) is 0 Å². The van der Waals surface area contributed by atoms with Crippen molar-refractivity contribution >= 4 is 34.9 Å². The number of Topliss-reactive ketones (excluding diaryl/α,β-unsaturated/α-hetero) is 1. The monoisotopic (exact) mass is 383 g/mol. The minimum absolute atomic E-state index is 0.0486. The molecule has 2 aromatic rings. The highest BCUT2D eigenvalue weighted by Gasteiger charge is 2.22. The average Bonchev–Trinajstić information content (AvgIpc) is 3.01. The van der Waals surface area contributed by atoms with Gasteiger partial charge in [0.05, 0.1) is 11.6 Å². The Morgan fingerprint density at radius 2 is 1.88 bits per heavy atom. The van der Waals surface area contributed by atoms with Crippen molar-refractivity contribution in [3.63, 3.8) is 0 Å². The molecule has 0 spiro atoms. The van der Waals surface area contributed by atoms with E-state index in [1.54, 1.807) is 45.0 Å². The van der Waals surface area contributed by atoms with Gasteiger partial charge in [-0.15, -0.1) is 0 Å². The van der Waals surface area contributed by atoms with Crippen LogP contribution in [0.3, 0.4) is 0 Å². The van der Waals surface area contributed by atoms with Crippen LogP contribution in [-0.2, 0) is 11.4 Å². The summed E-state index contributed by atoms with van der Waals surface area (Å²) in [5, 5.41) is 3.25. The summed E-state index contributed by atoms with van der Waals surface area (Å²) in [7, 11) is 0. The highest BCUT2D eigenvalue weighted by Crippen LogP contribution is 2.32. The van der Waals surface area contributed by atoms with Gasteiger partial charge in [0.25, 0.3) is 5.91 Å². The predicted molar refractivity (Wildman–Crippen MR) is 96.3 cm³/mol. The number of carbonyl (C=O) groups excluding carboxylic acids is 2. The molecule has 1 N–H and O–H groups in total. The molecule has 0 radical (unpaired) electrons. The number of rotatable bonds is 6. The second-order valence-electron chi connectivity index (χ2n) is 6.46. The number of hydrogen-bond acceptors (Lipinski definition) is 4. The first kappa shape index (κ1) is 19.3. The molecule has 0 fully saturated rings. The zero-order valence-electron chi connectivity index (χ0n) is 14.2. The fraction of sp³-hybridized carbons (Fsp3) is 0.333. The number of carbonyl (C=O) groups is 2. The lowest BCUT2D eigenvalue weighted by molar-refractivity contribution is -0.125. The summed E-state index contributed by atoms with van der Waals surface area (Å²) in [6, 6.07) is 8.21. The SMILES string of the molecule is CC(C)(C)C(=O)CNC(=O)c1ccc(COc2cccc(Cl)c2Cl)o1. The molecule has 5 nitrogen and oxygen atoms in total. The van der Waals surface area contributed by atoms with Crippen LogP contribution in [0.1, 0.15) is 37.1 Å². The van der Waals surface area contributed by atoms with Crippen molar-refractivity contribution in [1.82, 2.24) is 5.32 Å². The molecule has 0 atom stereocenters. The van der Waals surface area contributed by atoms with Crippen molar-refractivity contribution in [2.45, 2.75) is 27.4 Å². The molecule has 1 aromatic carbocycles. The van der Waals surface area contributed by atoms with E-state index in [4.69, 9.17) is 32.4 Å². The van der Waals surface area contributed by atoms with E-state index >= 15 is 0 Å². The van der Waals surface area contributed by atoms with Crippen LogP contribution in [0.2, 0.25) is 10.0 Å². The van der Waals surface area contributed by atoms with Crippen LogP contribution in [0.5, 0.6) is 5.75 Å². The van der Waals surface area contributed by atoms with Crippen molar-refractivity contribution in [2.75, 3.05) is 6.54 Å². The zero-order valence-corrected chi connectivity index (χ0v) is 15.7. The van der Waals surface area contributed by atoms with Crippen LogP contribution >= 0.6 is 23.2 Å². The molecule has 0 aliphatic heterocycles. The van der Waals surface area contributed by atoms with Gasteiger partial charge in [-0.1, -0.05) is 50.0 Å². The van der Waals surface area contributed by atoms with Crippen LogP contribution in [0.4, 0.5) is 0 Å². The van der Waals surface area contributed by atoms with E-state index in [1.807, 2.05) is 0 Å². The number of nitrogens with one attached hydrogen (secondary N) is 1. The Morgan fingerprint density at radius 1 is 1.16 bits per heavy atom. The summed E-state index contributed by atoms with van der Waals surface area (Å²) in [5.74, 6) is 0.462. The lowest BCUT2D eigenvalue weighted by Gasteiger charge is -2.16. The molecule has 25 heavy (non-hydrogen) atoms. The largest absolute Gasteiger partial charge is 0.484 e. The van der Waals surface area contributed by atoms with Gasteiger partial charge < -0.3 is 14.5 Å². The average molecular weight is 384 g/mol. The highest BCUT2D eigenvalue weighted by atomic mass is 35.5. The first-order chi connectivity index (χ1) is 11.7. The van der Waals surface area contributed by atoms with Gasteiger partial charge in [-0.2, -0.15) is 0 Å². The number of amides is 1. The summed E-state index contributed by atoms with van der Waals surface area (Å²) in [6.45, 7) is 5.43. The number of furan rings is 1. The maximum absolute atomic E-state index is 12.0. The van der Waals surface area contributed by atoms with Gasteiger partial charge in [0, 0.05) is 5.41 Å². The molecule has 0 saturated carbocycles. The van der Waals surface area contributed by atoms with E-state index in [9.17, 15) is 9.59 Å². The van der Waals surface area contributed by atoms with Crippen molar-refractivity contribution in [3.8, 4) is 5.75 Å². The Bertz CT molecular complexity index is 778. The van der Waals surface area contributed by atoms with E-state index in [1.165, 1.54) is 6.07 Å². The molecular weight excluding hydrogens is 365 g/mol. The molecule has 134 valence electrons. The number of benzene rings is 1. The Morgan fingerprint density at radius 3 is 2.56 bits per heavy atom. The molecule has 1 amide bonds. The Kier molecular flexibility index (Phi) is 6.14. The molecule has 1 heterocycles. The van der Waals surface area contributed by atoms with Gasteiger partial charge in [-0.25, -0.2) is 0 Å². The van der Waals surface area contributed by atoms with E-state index in [2.05, 4.69) is 5.32 Å². The Labute approximate surface area is 156 Å². The lowest BCUT2D eigenvalue weighted by atomic mass is 9.91. The molecule has 2 rings (SSSR count). The maximum Gasteiger partial charge on any atom is 0.287 e. The number of hydrogen-bond donors (Lipinski definition) is 1. The fourth-order valence-electron chi connectivity index (χ4n) is 1.83. The topological polar surface area (TPSA) is 68.5 Å². The molecule has 0 unspecified atom stereocenters. The molecule has 0 aliphatic carbocycles. The standard InChI is InChI=1S/C18H19Cl2NO4/c1-18(2,3)15(22)9-21-17(23)14-8-7-11(25-14)10-24-13-6-4-5-12(19)16(13)20/h4-8H,9-10H2,1-3H3,(H,21,23). The fourth-order valence-corrected chi connectivity index (χ4v) is 2.18. The summed E-state index contributed by atoms with van der Waals surface area (Å²) in [6.07, 6.45) is 0. The van der Waals surface area contributed by atoms with Crippen molar-refractivity contribution in [2.24, 2.45) is 5.41 Å². The second kappa shape index (κ2) is 7.93. The molecular formula is C18H19Cl2NO4. The Balaban J connectivity index is 1.92. The summed E-state index contributed by atoms with van der Waals surface area (Å²) < 4.78 is 11.0. The van der Waals surface area contributed by atoms with E-state index < -0.39 is 11.3 Å². The summed E-state index contributed by atoms with van der Waals surface area (Å²) >= 11 is 12.0. The molecule has 1 aromatic heterocycles. The van der Waals surface area contributed by atoms with E-state index in [-0.39, 0.29) is 24.7 Å². The third-order valence-corrected chi connectivity index (χ3v) is 4.22. The second-order valence-corrected chi connectivity index (χ2v) is 7.25. The molecule has 0 aliphatic rings. The van der Waals surface area contributed by atoms with Gasteiger partial charge >= 0.3 is 0 Å². The quantitative estimate of drug-likeness (QED) is 0.796. The smallest absolute Gasteiger partial charge is 0.287 e. The summed E-state index contributed by atoms with van der Waals surface area (Å²) in [4.78, 5) is 23.9. The van der Waals surface area contributed by atoms with Gasteiger partial charge in [-0.3, -0.25) is 9.59 Å². The Hall–Kier alpha value is -1.98. The predicted octanol–water partition coefficient (Wildman–Crippen LogP) is 4.51. The van der Waals surface area contributed by atoms with Crippen LogP contribution in [0.15, 0.2) is 34.7 Å². The van der Waals surface area contributed by atoms with Crippen molar-refractivity contribution in [1.29, 1.82) is 0 Å². The minimum Gasteiger partial charge on any atom is -0.484 e. The highest BCUT2D eigenvalue weighted by molar-refractivity contribution is 6.42. The normalized spacial score (nSPS) is 11.2. The first-order valence-electron chi connectivity index (χ1n) is 7.65.